The van der Waals surface area contributed by atoms with E-state index in [4.69, 9.17) is 4.42 Å². The molecule has 3 aromatic rings. The van der Waals surface area contributed by atoms with Crippen molar-refractivity contribution < 1.29 is 4.42 Å². The second-order valence-electron chi connectivity index (χ2n) is 6.67. The summed E-state index contributed by atoms with van der Waals surface area (Å²) in [5, 5.41) is 18.2. The molecule has 1 aromatic carbocycles. The lowest BCUT2D eigenvalue weighted by molar-refractivity contribution is 0.508. The van der Waals surface area contributed by atoms with Gasteiger partial charge in [0.1, 0.15) is 5.82 Å². The number of benzene rings is 1. The second-order valence-corrected chi connectivity index (χ2v) is 7.98. The van der Waals surface area contributed by atoms with Gasteiger partial charge >= 0.3 is 0 Å². The summed E-state index contributed by atoms with van der Waals surface area (Å²) in [6.45, 7) is 6.38. The Kier molecular flexibility index (Phi) is 4.33. The summed E-state index contributed by atoms with van der Waals surface area (Å²) >= 11 is 1.63. The lowest BCUT2D eigenvalue weighted by atomic mass is 10.2. The first kappa shape index (κ1) is 16.3. The highest BCUT2D eigenvalue weighted by atomic mass is 32.2. The molecule has 0 amide bonds. The Morgan fingerprint density at radius 3 is 2.48 bits per heavy atom. The van der Waals surface area contributed by atoms with E-state index >= 15 is 0 Å². The third-order valence-corrected chi connectivity index (χ3v) is 5.26. The molecule has 2 aromatic heterocycles. The normalized spacial score (nSPS) is 15.7. The van der Waals surface area contributed by atoms with E-state index in [1.807, 2.05) is 30.3 Å². The van der Waals surface area contributed by atoms with Gasteiger partial charge in [0.05, 0.1) is 5.25 Å². The third-order valence-electron chi connectivity index (χ3n) is 4.21. The van der Waals surface area contributed by atoms with Crippen LogP contribution in [0.15, 0.2) is 39.9 Å². The first-order valence-electron chi connectivity index (χ1n) is 8.63. The molecule has 0 unspecified atom stereocenters. The molecular weight excluding hydrogens is 334 g/mol. The first-order chi connectivity index (χ1) is 12.1. The number of aromatic nitrogens is 5. The van der Waals surface area contributed by atoms with Crippen molar-refractivity contribution in [2.45, 2.75) is 56.0 Å². The van der Waals surface area contributed by atoms with Crippen molar-refractivity contribution in [1.82, 2.24) is 25.0 Å². The monoisotopic (exact) mass is 355 g/mol. The van der Waals surface area contributed by atoms with Crippen molar-refractivity contribution in [2.24, 2.45) is 0 Å². The summed E-state index contributed by atoms with van der Waals surface area (Å²) < 4.78 is 8.17. The van der Waals surface area contributed by atoms with Crippen molar-refractivity contribution in [1.29, 1.82) is 0 Å². The second kappa shape index (κ2) is 6.63. The predicted octanol–water partition coefficient (Wildman–Crippen LogP) is 4.64. The number of nitrogens with zero attached hydrogens (tertiary/aromatic N) is 5. The van der Waals surface area contributed by atoms with Crippen LogP contribution in [0.3, 0.4) is 0 Å². The highest BCUT2D eigenvalue weighted by Gasteiger charge is 2.31. The first-order valence-corrected chi connectivity index (χ1v) is 9.51. The predicted molar refractivity (Wildman–Crippen MR) is 96.4 cm³/mol. The van der Waals surface area contributed by atoms with Gasteiger partial charge in [-0.3, -0.25) is 0 Å². The maximum Gasteiger partial charge on any atom is 0.247 e. The highest BCUT2D eigenvalue weighted by molar-refractivity contribution is 7.99. The zero-order valence-electron chi connectivity index (χ0n) is 14.6. The number of rotatable bonds is 6. The van der Waals surface area contributed by atoms with E-state index in [9.17, 15) is 0 Å². The van der Waals surface area contributed by atoms with E-state index in [2.05, 4.69) is 45.7 Å². The van der Waals surface area contributed by atoms with E-state index < -0.39 is 0 Å². The molecule has 6 nitrogen and oxygen atoms in total. The topological polar surface area (TPSA) is 69.6 Å². The Labute approximate surface area is 151 Å². The number of hydrogen-bond acceptors (Lipinski definition) is 6. The van der Waals surface area contributed by atoms with Crippen LogP contribution in [0.25, 0.3) is 11.5 Å². The molecule has 1 saturated carbocycles. The molecule has 0 spiro atoms. The Morgan fingerprint density at radius 2 is 1.80 bits per heavy atom. The van der Waals surface area contributed by atoms with Crippen molar-refractivity contribution in [2.75, 3.05) is 0 Å². The third kappa shape index (κ3) is 3.33. The summed E-state index contributed by atoms with van der Waals surface area (Å²) in [4.78, 5) is 0. The van der Waals surface area contributed by atoms with Crippen LogP contribution in [-0.4, -0.2) is 25.0 Å². The molecule has 0 saturated heterocycles. The molecule has 1 aliphatic carbocycles. The molecule has 1 fully saturated rings. The van der Waals surface area contributed by atoms with Crippen LogP contribution in [0.5, 0.6) is 0 Å². The molecule has 0 aliphatic heterocycles. The van der Waals surface area contributed by atoms with Crippen LogP contribution in [-0.2, 0) is 0 Å². The van der Waals surface area contributed by atoms with Gasteiger partial charge in [-0.2, -0.15) is 0 Å². The smallest absolute Gasteiger partial charge is 0.247 e. The van der Waals surface area contributed by atoms with Crippen molar-refractivity contribution >= 4 is 11.8 Å². The number of hydrogen-bond donors (Lipinski definition) is 0. The minimum atomic E-state index is 0.0201. The average Bonchev–Trinajstić information content (AvgIpc) is 3.17. The fourth-order valence-corrected chi connectivity index (χ4v) is 3.70. The molecule has 1 aliphatic rings. The SMILES string of the molecule is CC(C)c1nnc(S[C@H](C)c2nnc(-c3ccccc3)o2)n1C1CC1. The van der Waals surface area contributed by atoms with E-state index in [0.29, 0.717) is 23.7 Å². The summed E-state index contributed by atoms with van der Waals surface area (Å²) in [5.41, 5.74) is 0.932. The van der Waals surface area contributed by atoms with Gasteiger partial charge in [0, 0.05) is 17.5 Å². The Morgan fingerprint density at radius 1 is 1.04 bits per heavy atom. The largest absolute Gasteiger partial charge is 0.419 e. The van der Waals surface area contributed by atoms with Crippen molar-refractivity contribution in [3.63, 3.8) is 0 Å². The van der Waals surface area contributed by atoms with Crippen molar-refractivity contribution in [3.05, 3.63) is 42.0 Å². The van der Waals surface area contributed by atoms with Gasteiger partial charge in [-0.05, 0) is 31.9 Å². The average molecular weight is 355 g/mol. The maximum atomic E-state index is 5.87. The van der Waals surface area contributed by atoms with E-state index in [-0.39, 0.29) is 5.25 Å². The van der Waals surface area contributed by atoms with Gasteiger partial charge in [0.15, 0.2) is 5.16 Å². The van der Waals surface area contributed by atoms with Crippen LogP contribution < -0.4 is 0 Å². The molecule has 0 N–H and O–H groups in total. The zero-order chi connectivity index (χ0) is 17.4. The van der Waals surface area contributed by atoms with Crippen LogP contribution in [0.4, 0.5) is 0 Å². The molecule has 1 atom stereocenters. The van der Waals surface area contributed by atoms with Gasteiger partial charge < -0.3 is 8.98 Å². The van der Waals surface area contributed by atoms with Gasteiger partial charge in [-0.1, -0.05) is 43.8 Å². The minimum absolute atomic E-state index is 0.0201. The molecule has 0 radical (unpaired) electrons. The lowest BCUT2D eigenvalue weighted by Crippen LogP contribution is -2.05. The Bertz CT molecular complexity index is 853. The van der Waals surface area contributed by atoms with Crippen molar-refractivity contribution in [3.8, 4) is 11.5 Å². The molecule has 0 bridgehead atoms. The quantitative estimate of drug-likeness (QED) is 0.600. The van der Waals surface area contributed by atoms with E-state index in [0.717, 1.165) is 16.5 Å². The van der Waals surface area contributed by atoms with Crippen LogP contribution in [0.2, 0.25) is 0 Å². The molecule has 2 heterocycles. The Balaban J connectivity index is 1.55. The standard InChI is InChI=1S/C18H21N5OS/c1-11(2)15-19-22-18(23(15)14-9-10-14)25-12(3)16-20-21-17(24-16)13-7-5-4-6-8-13/h4-8,11-12,14H,9-10H2,1-3H3/t12-/m1/s1. The number of thioether (sulfide) groups is 1. The molecule has 25 heavy (non-hydrogen) atoms. The zero-order valence-corrected chi connectivity index (χ0v) is 15.4. The summed E-state index contributed by atoms with van der Waals surface area (Å²) in [6.07, 6.45) is 2.41. The van der Waals surface area contributed by atoms with Gasteiger partial charge in [0.25, 0.3) is 0 Å². The van der Waals surface area contributed by atoms with Crippen LogP contribution in [0, 0.1) is 0 Å². The van der Waals surface area contributed by atoms with Crippen LogP contribution >= 0.6 is 11.8 Å². The fourth-order valence-electron chi connectivity index (χ4n) is 2.74. The fraction of sp³-hybridized carbons (Fsp3) is 0.444. The minimum Gasteiger partial charge on any atom is -0.419 e. The summed E-state index contributed by atoms with van der Waals surface area (Å²) in [6, 6.07) is 10.4. The molecule has 7 heteroatoms. The van der Waals surface area contributed by atoms with Gasteiger partial charge in [-0.15, -0.1) is 20.4 Å². The van der Waals surface area contributed by atoms with E-state index in [1.165, 1.54) is 12.8 Å². The molecular formula is C18H21N5OS. The summed E-state index contributed by atoms with van der Waals surface area (Å²) in [5.74, 6) is 2.59. The molecule has 130 valence electrons. The lowest BCUT2D eigenvalue weighted by Gasteiger charge is -2.12. The Hall–Kier alpha value is -2.15. The maximum absolute atomic E-state index is 5.87. The van der Waals surface area contributed by atoms with E-state index in [1.54, 1.807) is 11.8 Å². The van der Waals surface area contributed by atoms with Crippen LogP contribution in [0.1, 0.15) is 62.5 Å². The van der Waals surface area contributed by atoms with Gasteiger partial charge in [0.2, 0.25) is 11.8 Å². The van der Waals surface area contributed by atoms with Gasteiger partial charge in [-0.25, -0.2) is 0 Å². The summed E-state index contributed by atoms with van der Waals surface area (Å²) in [7, 11) is 0. The molecule has 4 rings (SSSR count). The highest BCUT2D eigenvalue weighted by Crippen LogP contribution is 2.43.